The number of carboxylic acids is 1. The highest BCUT2D eigenvalue weighted by atomic mass is 16.6. The number of unbranched alkanes of at least 4 members (excludes halogenated alkanes) is 6. The number of benzene rings is 1. The third-order valence-corrected chi connectivity index (χ3v) is 4.77. The van der Waals surface area contributed by atoms with E-state index in [1.54, 1.807) is 0 Å². The molecule has 1 rings (SSSR count). The van der Waals surface area contributed by atoms with Gasteiger partial charge in [0.05, 0.1) is 19.6 Å². The predicted octanol–water partition coefficient (Wildman–Crippen LogP) is 4.35. The zero-order valence-electron chi connectivity index (χ0n) is 18.6. The van der Waals surface area contributed by atoms with Gasteiger partial charge in [-0.3, -0.25) is 9.59 Å². The summed E-state index contributed by atoms with van der Waals surface area (Å²) in [6.07, 6.45) is 9.66. The molecule has 0 saturated carbocycles. The summed E-state index contributed by atoms with van der Waals surface area (Å²) in [6, 6.07) is 8.14. The minimum Gasteiger partial charge on any atom is -0.491 e. The van der Waals surface area contributed by atoms with Gasteiger partial charge in [0.25, 0.3) is 0 Å². The van der Waals surface area contributed by atoms with Crippen LogP contribution in [0.2, 0.25) is 0 Å². The van der Waals surface area contributed by atoms with E-state index in [0.29, 0.717) is 13.2 Å². The SMILES string of the molecule is CCCCCCCCCc1ccc(OCCOCCOC(=O)CCC(=O)C(=O)O)cc1. The Morgan fingerprint density at radius 3 is 2.13 bits per heavy atom. The first-order chi connectivity index (χ1) is 15.0. The Kier molecular flexibility index (Phi) is 14.8. The molecular weight excluding hydrogens is 400 g/mol. The quantitative estimate of drug-likeness (QED) is 0.195. The lowest BCUT2D eigenvalue weighted by atomic mass is 10.0. The molecule has 0 heterocycles. The van der Waals surface area contributed by atoms with E-state index in [9.17, 15) is 14.4 Å². The lowest BCUT2D eigenvalue weighted by molar-refractivity contribution is -0.151. The lowest BCUT2D eigenvalue weighted by Gasteiger charge is -2.09. The van der Waals surface area contributed by atoms with Gasteiger partial charge in [0, 0.05) is 6.42 Å². The molecular formula is C24H36O7. The molecule has 31 heavy (non-hydrogen) atoms. The van der Waals surface area contributed by atoms with Crippen LogP contribution in [0.4, 0.5) is 0 Å². The van der Waals surface area contributed by atoms with Gasteiger partial charge in [-0.15, -0.1) is 0 Å². The Labute approximate surface area is 185 Å². The molecule has 0 aliphatic carbocycles. The summed E-state index contributed by atoms with van der Waals surface area (Å²) < 4.78 is 15.8. The highest BCUT2D eigenvalue weighted by Gasteiger charge is 2.14. The summed E-state index contributed by atoms with van der Waals surface area (Å²) in [7, 11) is 0. The van der Waals surface area contributed by atoms with Gasteiger partial charge in [0.1, 0.15) is 19.0 Å². The predicted molar refractivity (Wildman–Crippen MR) is 117 cm³/mol. The molecule has 1 aromatic carbocycles. The number of hydrogen-bond acceptors (Lipinski definition) is 6. The van der Waals surface area contributed by atoms with Crippen molar-refractivity contribution in [2.45, 2.75) is 71.1 Å². The summed E-state index contributed by atoms with van der Waals surface area (Å²) in [5, 5.41) is 8.43. The minimum atomic E-state index is -1.54. The van der Waals surface area contributed by atoms with E-state index in [-0.39, 0.29) is 26.1 Å². The molecule has 7 nitrogen and oxygen atoms in total. The van der Waals surface area contributed by atoms with Crippen molar-refractivity contribution in [3.05, 3.63) is 29.8 Å². The number of hydrogen-bond donors (Lipinski definition) is 1. The van der Waals surface area contributed by atoms with Crippen LogP contribution in [0.15, 0.2) is 24.3 Å². The maximum atomic E-state index is 11.4. The van der Waals surface area contributed by atoms with Crippen molar-refractivity contribution in [2.24, 2.45) is 0 Å². The summed E-state index contributed by atoms with van der Waals surface area (Å²) in [4.78, 5) is 32.6. The maximum Gasteiger partial charge on any atom is 0.372 e. The van der Waals surface area contributed by atoms with E-state index in [0.717, 1.165) is 12.2 Å². The van der Waals surface area contributed by atoms with Crippen molar-refractivity contribution in [1.82, 2.24) is 0 Å². The second kappa shape index (κ2) is 17.3. The molecule has 0 unspecified atom stereocenters. The fourth-order valence-electron chi connectivity index (χ4n) is 2.97. The number of rotatable bonds is 19. The molecule has 0 aliphatic heterocycles. The summed E-state index contributed by atoms with van der Waals surface area (Å²) in [5.74, 6) is -2.37. The first-order valence-corrected chi connectivity index (χ1v) is 11.2. The third-order valence-electron chi connectivity index (χ3n) is 4.77. The van der Waals surface area contributed by atoms with Gasteiger partial charge < -0.3 is 19.3 Å². The van der Waals surface area contributed by atoms with E-state index in [1.165, 1.54) is 50.5 Å². The van der Waals surface area contributed by atoms with Crippen molar-refractivity contribution < 1.29 is 33.7 Å². The number of aliphatic carboxylic acids is 1. The van der Waals surface area contributed by atoms with E-state index >= 15 is 0 Å². The first-order valence-electron chi connectivity index (χ1n) is 11.2. The number of Topliss-reactive ketones (excluding diaryl/α,β-unsaturated/α-hetero) is 1. The van der Waals surface area contributed by atoms with Crippen molar-refractivity contribution in [2.75, 3.05) is 26.4 Å². The number of ketones is 1. The van der Waals surface area contributed by atoms with E-state index in [2.05, 4.69) is 19.1 Å². The Morgan fingerprint density at radius 2 is 1.45 bits per heavy atom. The smallest absolute Gasteiger partial charge is 0.372 e. The van der Waals surface area contributed by atoms with Crippen molar-refractivity contribution in [3.63, 3.8) is 0 Å². The van der Waals surface area contributed by atoms with Gasteiger partial charge in [0.15, 0.2) is 0 Å². The van der Waals surface area contributed by atoms with E-state index in [4.69, 9.17) is 19.3 Å². The standard InChI is InChI=1S/C24H36O7/c1-2-3-4-5-6-7-8-9-20-10-12-21(13-11-20)30-18-16-29-17-19-31-23(26)15-14-22(25)24(27)28/h10-13H,2-9,14-19H2,1H3,(H,27,28). The fraction of sp³-hybridized carbons (Fsp3) is 0.625. The zero-order valence-corrected chi connectivity index (χ0v) is 18.6. The topological polar surface area (TPSA) is 99.1 Å². The molecule has 0 saturated heterocycles. The monoisotopic (exact) mass is 436 g/mol. The molecule has 7 heteroatoms. The molecule has 0 aliphatic rings. The molecule has 1 N–H and O–H groups in total. The molecule has 0 bridgehead atoms. The van der Waals surface area contributed by atoms with Gasteiger partial charge in [-0.1, -0.05) is 57.6 Å². The fourth-order valence-corrected chi connectivity index (χ4v) is 2.97. The van der Waals surface area contributed by atoms with Crippen LogP contribution in [0, 0.1) is 0 Å². The van der Waals surface area contributed by atoms with Crippen LogP contribution in [-0.2, 0) is 30.3 Å². The number of ether oxygens (including phenoxy) is 3. The number of carboxylic acid groups (broad SMARTS) is 1. The normalized spacial score (nSPS) is 10.6. The lowest BCUT2D eigenvalue weighted by Crippen LogP contribution is -2.17. The molecule has 0 aromatic heterocycles. The Balaban J connectivity index is 2.01. The van der Waals surface area contributed by atoms with Crippen LogP contribution in [0.1, 0.15) is 70.3 Å². The number of carbonyl (C=O) groups excluding carboxylic acids is 2. The van der Waals surface area contributed by atoms with Crippen LogP contribution in [0.3, 0.4) is 0 Å². The third kappa shape index (κ3) is 14.3. The van der Waals surface area contributed by atoms with Gasteiger partial charge in [-0.05, 0) is 30.5 Å². The summed E-state index contributed by atoms with van der Waals surface area (Å²) in [5.41, 5.74) is 1.32. The van der Waals surface area contributed by atoms with Crippen molar-refractivity contribution in [1.29, 1.82) is 0 Å². The number of aryl methyl sites for hydroxylation is 1. The van der Waals surface area contributed by atoms with Crippen LogP contribution >= 0.6 is 0 Å². The highest BCUT2D eigenvalue weighted by Crippen LogP contribution is 2.15. The van der Waals surface area contributed by atoms with Gasteiger partial charge in [-0.25, -0.2) is 4.79 Å². The largest absolute Gasteiger partial charge is 0.491 e. The van der Waals surface area contributed by atoms with Gasteiger partial charge >= 0.3 is 11.9 Å². The Morgan fingerprint density at radius 1 is 0.806 bits per heavy atom. The summed E-state index contributed by atoms with van der Waals surface area (Å²) >= 11 is 0. The zero-order chi connectivity index (χ0) is 22.7. The first kappa shape index (κ1) is 26.6. The Bertz CT molecular complexity index is 640. The van der Waals surface area contributed by atoms with E-state index in [1.807, 2.05) is 12.1 Å². The molecule has 0 atom stereocenters. The molecule has 174 valence electrons. The average Bonchev–Trinajstić information content (AvgIpc) is 2.77. The van der Waals surface area contributed by atoms with Gasteiger partial charge in [-0.2, -0.15) is 0 Å². The second-order valence-corrected chi connectivity index (χ2v) is 7.42. The number of esters is 1. The van der Waals surface area contributed by atoms with Crippen LogP contribution in [-0.4, -0.2) is 49.3 Å². The van der Waals surface area contributed by atoms with Crippen LogP contribution in [0.25, 0.3) is 0 Å². The molecule has 0 radical (unpaired) electrons. The van der Waals surface area contributed by atoms with Crippen molar-refractivity contribution >= 4 is 17.7 Å². The minimum absolute atomic E-state index is 0.0490. The van der Waals surface area contributed by atoms with Crippen LogP contribution in [0.5, 0.6) is 5.75 Å². The molecule has 0 spiro atoms. The molecule has 0 amide bonds. The maximum absolute atomic E-state index is 11.4. The Hall–Kier alpha value is -2.41. The number of carbonyl (C=O) groups is 3. The van der Waals surface area contributed by atoms with Crippen molar-refractivity contribution in [3.8, 4) is 5.75 Å². The molecule has 0 fully saturated rings. The van der Waals surface area contributed by atoms with E-state index < -0.39 is 17.7 Å². The van der Waals surface area contributed by atoms with Gasteiger partial charge in [0.2, 0.25) is 5.78 Å². The van der Waals surface area contributed by atoms with Crippen LogP contribution < -0.4 is 4.74 Å². The second-order valence-electron chi connectivity index (χ2n) is 7.42. The summed E-state index contributed by atoms with van der Waals surface area (Å²) in [6.45, 7) is 3.24. The molecule has 1 aromatic rings. The average molecular weight is 437 g/mol. The highest BCUT2D eigenvalue weighted by molar-refractivity contribution is 6.32.